The van der Waals surface area contributed by atoms with Crippen LogP contribution in [0.3, 0.4) is 0 Å². The highest BCUT2D eigenvalue weighted by Gasteiger charge is 2.17. The van der Waals surface area contributed by atoms with Crippen LogP contribution in [-0.2, 0) is 5.41 Å². The first kappa shape index (κ1) is 9.66. The van der Waals surface area contributed by atoms with Gasteiger partial charge >= 0.3 is 0 Å². The van der Waals surface area contributed by atoms with E-state index in [1.165, 1.54) is 0 Å². The van der Waals surface area contributed by atoms with E-state index in [0.29, 0.717) is 5.69 Å². The van der Waals surface area contributed by atoms with Gasteiger partial charge in [0.15, 0.2) is 0 Å². The van der Waals surface area contributed by atoms with Crippen LogP contribution in [0.15, 0.2) is 18.5 Å². The quantitative estimate of drug-likeness (QED) is 0.612. The molecule has 4 nitrogen and oxygen atoms in total. The summed E-state index contributed by atoms with van der Waals surface area (Å²) in [6.45, 7) is 13.2. The van der Waals surface area contributed by atoms with Gasteiger partial charge in [0.2, 0.25) is 5.69 Å². The molecule has 0 N–H and O–H groups in total. The number of hydrogen-bond donors (Lipinski definition) is 0. The minimum atomic E-state index is 0.00592. The lowest BCUT2D eigenvalue weighted by Crippen LogP contribution is -2.11. The van der Waals surface area contributed by atoms with Crippen molar-refractivity contribution in [1.82, 2.24) is 14.6 Å². The molecule has 0 amide bonds. The molecule has 0 spiro atoms. The van der Waals surface area contributed by atoms with Crippen molar-refractivity contribution < 1.29 is 0 Å². The third kappa shape index (κ3) is 1.68. The fraction of sp³-hybridized carbons (Fsp3) is 0.364. The Balaban J connectivity index is 2.62. The van der Waals surface area contributed by atoms with Crippen molar-refractivity contribution in [1.29, 1.82) is 0 Å². The minimum Gasteiger partial charge on any atom is -0.236 e. The molecule has 2 heterocycles. The lowest BCUT2D eigenvalue weighted by atomic mass is 9.93. The Labute approximate surface area is 88.4 Å². The molecule has 0 aliphatic rings. The SMILES string of the molecule is [C-]#[N+]c1cnn2cc(C(C)(C)C)nc2c1. The first-order valence-electron chi connectivity index (χ1n) is 4.74. The summed E-state index contributed by atoms with van der Waals surface area (Å²) in [6.07, 6.45) is 3.46. The first-order chi connectivity index (χ1) is 7.00. The topological polar surface area (TPSA) is 34.5 Å². The van der Waals surface area contributed by atoms with Crippen molar-refractivity contribution in [2.45, 2.75) is 26.2 Å². The van der Waals surface area contributed by atoms with E-state index >= 15 is 0 Å². The number of hydrogen-bond acceptors (Lipinski definition) is 2. The molecule has 0 radical (unpaired) electrons. The van der Waals surface area contributed by atoms with Gasteiger partial charge in [0.25, 0.3) is 0 Å². The van der Waals surface area contributed by atoms with Crippen LogP contribution >= 0.6 is 0 Å². The van der Waals surface area contributed by atoms with Crippen molar-refractivity contribution in [2.75, 3.05) is 0 Å². The molecule has 0 aliphatic heterocycles. The van der Waals surface area contributed by atoms with E-state index in [2.05, 4.69) is 35.7 Å². The van der Waals surface area contributed by atoms with E-state index in [9.17, 15) is 0 Å². The Morgan fingerprint density at radius 3 is 2.73 bits per heavy atom. The number of rotatable bonds is 0. The summed E-state index contributed by atoms with van der Waals surface area (Å²) in [4.78, 5) is 7.78. The molecule has 15 heavy (non-hydrogen) atoms. The van der Waals surface area contributed by atoms with Gasteiger partial charge in [-0.3, -0.25) is 0 Å². The molecule has 0 unspecified atom stereocenters. The van der Waals surface area contributed by atoms with E-state index in [1.807, 2.05) is 6.20 Å². The van der Waals surface area contributed by atoms with E-state index in [4.69, 9.17) is 6.57 Å². The van der Waals surface area contributed by atoms with Crippen LogP contribution in [0.2, 0.25) is 0 Å². The normalized spacial score (nSPS) is 11.6. The zero-order valence-corrected chi connectivity index (χ0v) is 9.02. The van der Waals surface area contributed by atoms with Gasteiger partial charge in [-0.1, -0.05) is 20.8 Å². The third-order valence-corrected chi connectivity index (χ3v) is 2.20. The molecule has 76 valence electrons. The van der Waals surface area contributed by atoms with Crippen LogP contribution in [0.5, 0.6) is 0 Å². The van der Waals surface area contributed by atoms with Crippen molar-refractivity contribution >= 4 is 11.3 Å². The van der Waals surface area contributed by atoms with Crippen LogP contribution in [0, 0.1) is 6.57 Å². The molecule has 4 heteroatoms. The summed E-state index contributed by atoms with van der Waals surface area (Å²) in [7, 11) is 0. The van der Waals surface area contributed by atoms with E-state index < -0.39 is 0 Å². The summed E-state index contributed by atoms with van der Waals surface area (Å²) < 4.78 is 1.70. The highest BCUT2D eigenvalue weighted by Crippen LogP contribution is 2.22. The molecule has 0 atom stereocenters. The molecule has 0 fully saturated rings. The smallest absolute Gasteiger partial charge is 0.210 e. The fourth-order valence-electron chi connectivity index (χ4n) is 1.29. The highest BCUT2D eigenvalue weighted by molar-refractivity contribution is 5.53. The van der Waals surface area contributed by atoms with Gasteiger partial charge in [0, 0.05) is 5.41 Å². The maximum Gasteiger partial charge on any atom is 0.210 e. The van der Waals surface area contributed by atoms with E-state index in [1.54, 1.807) is 16.8 Å². The lowest BCUT2D eigenvalue weighted by Gasteiger charge is -2.13. The molecule has 0 saturated heterocycles. The number of imidazole rings is 1. The van der Waals surface area contributed by atoms with E-state index in [0.717, 1.165) is 11.3 Å². The molecular weight excluding hydrogens is 188 g/mol. The molecule has 0 aliphatic carbocycles. The van der Waals surface area contributed by atoms with Gasteiger partial charge in [-0.25, -0.2) is 14.3 Å². The van der Waals surface area contributed by atoms with Gasteiger partial charge in [-0.15, -0.1) is 0 Å². The second-order valence-corrected chi connectivity index (χ2v) is 4.50. The predicted molar refractivity (Wildman–Crippen MR) is 57.9 cm³/mol. The highest BCUT2D eigenvalue weighted by atomic mass is 15.2. The van der Waals surface area contributed by atoms with Crippen molar-refractivity contribution in [2.24, 2.45) is 0 Å². The Morgan fingerprint density at radius 2 is 2.13 bits per heavy atom. The van der Waals surface area contributed by atoms with Gasteiger partial charge in [-0.2, -0.15) is 5.10 Å². The molecule has 0 saturated carbocycles. The van der Waals surface area contributed by atoms with Crippen LogP contribution in [0.4, 0.5) is 5.69 Å². The average Bonchev–Trinajstić information content (AvgIpc) is 2.59. The van der Waals surface area contributed by atoms with E-state index in [-0.39, 0.29) is 5.41 Å². The molecule has 2 aromatic heterocycles. The van der Waals surface area contributed by atoms with Gasteiger partial charge in [0.05, 0.1) is 24.7 Å². The average molecular weight is 200 g/mol. The van der Waals surface area contributed by atoms with Crippen LogP contribution in [0.1, 0.15) is 26.5 Å². The number of fused-ring (bicyclic) bond motifs is 1. The zero-order valence-electron chi connectivity index (χ0n) is 9.02. The molecule has 0 bridgehead atoms. The molecule has 2 aromatic rings. The van der Waals surface area contributed by atoms with Gasteiger partial charge in [-0.05, 0) is 6.07 Å². The van der Waals surface area contributed by atoms with Crippen molar-refractivity contribution in [3.8, 4) is 0 Å². The Bertz CT molecular complexity index is 540. The minimum absolute atomic E-state index is 0.00592. The monoisotopic (exact) mass is 200 g/mol. The lowest BCUT2D eigenvalue weighted by molar-refractivity contribution is 0.572. The fourth-order valence-corrected chi connectivity index (χ4v) is 1.29. The Morgan fingerprint density at radius 1 is 1.40 bits per heavy atom. The zero-order chi connectivity index (χ0) is 11.1. The Hall–Kier alpha value is -1.89. The van der Waals surface area contributed by atoms with Crippen LogP contribution < -0.4 is 0 Å². The second-order valence-electron chi connectivity index (χ2n) is 4.50. The predicted octanol–water partition coefficient (Wildman–Crippen LogP) is 2.58. The largest absolute Gasteiger partial charge is 0.236 e. The maximum atomic E-state index is 6.90. The molecule has 0 aromatic carbocycles. The molecule has 2 rings (SSSR count). The van der Waals surface area contributed by atoms with Crippen molar-refractivity contribution in [3.63, 3.8) is 0 Å². The summed E-state index contributed by atoms with van der Waals surface area (Å²) in [5.41, 5.74) is 2.24. The number of nitrogens with zero attached hydrogens (tertiary/aromatic N) is 4. The standard InChI is InChI=1S/C11H12N4/c1-11(2,3)9-7-15-10(14-9)5-8(12-4)6-13-15/h5-7H,1-3H3. The summed E-state index contributed by atoms with van der Waals surface area (Å²) in [5, 5.41) is 4.13. The maximum absolute atomic E-state index is 6.90. The molecular formula is C11H12N4. The number of aromatic nitrogens is 3. The van der Waals surface area contributed by atoms with Gasteiger partial charge < -0.3 is 0 Å². The van der Waals surface area contributed by atoms with Crippen LogP contribution in [0.25, 0.3) is 10.5 Å². The second kappa shape index (κ2) is 3.06. The summed E-state index contributed by atoms with van der Waals surface area (Å²) >= 11 is 0. The van der Waals surface area contributed by atoms with Crippen molar-refractivity contribution in [3.05, 3.63) is 35.6 Å². The van der Waals surface area contributed by atoms with Gasteiger partial charge in [0.1, 0.15) is 5.65 Å². The summed E-state index contributed by atoms with van der Waals surface area (Å²) in [6, 6.07) is 1.75. The first-order valence-corrected chi connectivity index (χ1v) is 4.74. The third-order valence-electron chi connectivity index (χ3n) is 2.20. The Kier molecular flexibility index (Phi) is 1.97. The van der Waals surface area contributed by atoms with Crippen LogP contribution in [-0.4, -0.2) is 14.6 Å². The summed E-state index contributed by atoms with van der Waals surface area (Å²) in [5.74, 6) is 0.